The summed E-state index contributed by atoms with van der Waals surface area (Å²) in [6, 6.07) is 0. The van der Waals surface area contributed by atoms with E-state index in [1.54, 1.807) is 25.7 Å². The van der Waals surface area contributed by atoms with Crippen LogP contribution in [0.5, 0.6) is 0 Å². The van der Waals surface area contributed by atoms with E-state index in [0.29, 0.717) is 0 Å². The van der Waals surface area contributed by atoms with Gasteiger partial charge in [0, 0.05) is 12.2 Å². The molecule has 3 rings (SSSR count). The molecule has 0 aromatic carbocycles. The Hall–Kier alpha value is -1.12. The van der Waals surface area contributed by atoms with Crippen molar-refractivity contribution in [3.63, 3.8) is 0 Å². The minimum atomic E-state index is -0.579. The van der Waals surface area contributed by atoms with Gasteiger partial charge in [-0.25, -0.2) is 9.59 Å². The number of carbonyl (C=O) groups excluding carboxylic acids is 2. The Bertz CT molecular complexity index is 277. The molecule has 1 aliphatic heterocycles. The average Bonchev–Trinajstić information content (AvgIpc) is 2.99. The molecule has 0 bridgehead atoms. The number of esters is 2. The molecule has 3 aliphatic rings. The highest BCUT2D eigenvalue weighted by atomic mass is 16.6. The van der Waals surface area contributed by atoms with E-state index in [0.717, 1.165) is 24.0 Å². The van der Waals surface area contributed by atoms with Gasteiger partial charge in [0.05, 0.1) is 0 Å². The molecular weight excluding hydrogens is 216 g/mol. The number of rotatable bonds is 1. The number of hydrogen-bond donors (Lipinski definition) is 0. The van der Waals surface area contributed by atoms with Gasteiger partial charge < -0.3 is 4.74 Å². The zero-order valence-corrected chi connectivity index (χ0v) is 10.2. The van der Waals surface area contributed by atoms with Crippen LogP contribution < -0.4 is 0 Å². The molecule has 3 nitrogen and oxygen atoms in total. The van der Waals surface area contributed by atoms with E-state index in [2.05, 4.69) is 4.74 Å². The first-order valence-corrected chi connectivity index (χ1v) is 6.69. The lowest BCUT2D eigenvalue weighted by Crippen LogP contribution is -2.06. The maximum atomic E-state index is 9.92. The smallest absolute Gasteiger partial charge is 0.338 e. The summed E-state index contributed by atoms with van der Waals surface area (Å²) < 4.78 is 3.97. The van der Waals surface area contributed by atoms with Gasteiger partial charge in [0.15, 0.2) is 0 Å². The Morgan fingerprint density at radius 2 is 1.12 bits per heavy atom. The van der Waals surface area contributed by atoms with Crippen molar-refractivity contribution in [1.29, 1.82) is 0 Å². The highest BCUT2D eigenvalue weighted by molar-refractivity contribution is 6.04. The second-order valence-corrected chi connectivity index (χ2v) is 5.16. The molecule has 0 radical (unpaired) electrons. The monoisotopic (exact) mass is 236 g/mol. The van der Waals surface area contributed by atoms with E-state index in [1.807, 2.05) is 0 Å². The van der Waals surface area contributed by atoms with Crippen LogP contribution in [0, 0.1) is 11.8 Å². The van der Waals surface area contributed by atoms with Gasteiger partial charge >= 0.3 is 11.9 Å². The molecule has 0 amide bonds. The first kappa shape index (κ1) is 12.3. The summed E-state index contributed by atoms with van der Waals surface area (Å²) in [7, 11) is 0. The van der Waals surface area contributed by atoms with Crippen molar-refractivity contribution >= 4 is 11.9 Å². The van der Waals surface area contributed by atoms with Gasteiger partial charge in [-0.1, -0.05) is 51.4 Å². The van der Waals surface area contributed by atoms with Crippen molar-refractivity contribution < 1.29 is 14.3 Å². The molecule has 2 fully saturated rings. The zero-order valence-electron chi connectivity index (χ0n) is 10.2. The summed E-state index contributed by atoms with van der Waals surface area (Å²) in [5.41, 5.74) is 0. The van der Waals surface area contributed by atoms with Crippen LogP contribution in [0.1, 0.15) is 51.4 Å². The van der Waals surface area contributed by atoms with Crippen LogP contribution in [-0.2, 0) is 14.3 Å². The standard InChI is InChI=1S/C10H18.C4H2O3/c1-2-6-9(5-1)10-7-3-4-8-10;5-3-1-2-4(6)7-3/h9-10H,1-8H2;1-2H. The lowest BCUT2D eigenvalue weighted by Gasteiger charge is -2.16. The molecule has 0 saturated heterocycles. The first-order valence-electron chi connectivity index (χ1n) is 6.69. The molecule has 0 atom stereocenters. The molecule has 0 N–H and O–H groups in total. The van der Waals surface area contributed by atoms with E-state index in [-0.39, 0.29) is 0 Å². The van der Waals surface area contributed by atoms with E-state index in [9.17, 15) is 9.59 Å². The normalized spacial score (nSPS) is 24.9. The average molecular weight is 236 g/mol. The molecule has 2 saturated carbocycles. The van der Waals surface area contributed by atoms with Crippen LogP contribution in [0.4, 0.5) is 0 Å². The number of carbonyl (C=O) groups is 2. The van der Waals surface area contributed by atoms with E-state index >= 15 is 0 Å². The third kappa shape index (κ3) is 3.69. The molecule has 1 heterocycles. The lowest BCUT2D eigenvalue weighted by atomic mass is 9.90. The largest absolute Gasteiger partial charge is 0.387 e. The Kier molecular flexibility index (Phi) is 4.35. The Labute approximate surface area is 102 Å². The van der Waals surface area contributed by atoms with Crippen molar-refractivity contribution in [2.75, 3.05) is 0 Å². The summed E-state index contributed by atoms with van der Waals surface area (Å²) in [5, 5.41) is 0. The lowest BCUT2D eigenvalue weighted by molar-refractivity contribution is -0.150. The maximum absolute atomic E-state index is 9.92. The third-order valence-corrected chi connectivity index (χ3v) is 4.02. The predicted octanol–water partition coefficient (Wildman–Crippen LogP) is 2.99. The minimum absolute atomic E-state index is 0.579. The highest BCUT2D eigenvalue weighted by Gasteiger charge is 2.26. The van der Waals surface area contributed by atoms with Crippen LogP contribution in [0.25, 0.3) is 0 Å². The maximum Gasteiger partial charge on any atom is 0.338 e. The predicted molar refractivity (Wildman–Crippen MR) is 64.2 cm³/mol. The molecular formula is C14H20O3. The molecule has 0 aromatic heterocycles. The van der Waals surface area contributed by atoms with Gasteiger partial charge in [0.25, 0.3) is 0 Å². The topological polar surface area (TPSA) is 43.4 Å². The fourth-order valence-electron chi connectivity index (χ4n) is 3.16. The van der Waals surface area contributed by atoms with Gasteiger partial charge in [-0.3, -0.25) is 0 Å². The Morgan fingerprint density at radius 1 is 0.765 bits per heavy atom. The first-order chi connectivity index (χ1) is 8.25. The molecule has 0 unspecified atom stereocenters. The molecule has 0 spiro atoms. The van der Waals surface area contributed by atoms with Gasteiger partial charge in [-0.05, 0) is 11.8 Å². The van der Waals surface area contributed by atoms with Gasteiger partial charge in [-0.2, -0.15) is 0 Å². The fourth-order valence-corrected chi connectivity index (χ4v) is 3.16. The van der Waals surface area contributed by atoms with E-state index in [4.69, 9.17) is 0 Å². The van der Waals surface area contributed by atoms with Crippen LogP contribution in [0.3, 0.4) is 0 Å². The summed E-state index contributed by atoms with van der Waals surface area (Å²) in [5.74, 6) is 1.15. The van der Waals surface area contributed by atoms with Gasteiger partial charge in [0.1, 0.15) is 0 Å². The summed E-state index contributed by atoms with van der Waals surface area (Å²) in [6.07, 6.45) is 14.5. The fraction of sp³-hybridized carbons (Fsp3) is 0.714. The second-order valence-electron chi connectivity index (χ2n) is 5.16. The molecule has 17 heavy (non-hydrogen) atoms. The van der Waals surface area contributed by atoms with Crippen molar-refractivity contribution in [3.05, 3.63) is 12.2 Å². The van der Waals surface area contributed by atoms with E-state index < -0.39 is 11.9 Å². The zero-order chi connectivity index (χ0) is 12.1. The summed E-state index contributed by atoms with van der Waals surface area (Å²) >= 11 is 0. The van der Waals surface area contributed by atoms with Crippen LogP contribution in [0.15, 0.2) is 12.2 Å². The quantitative estimate of drug-likeness (QED) is 0.519. The molecule has 3 heteroatoms. The summed E-state index contributed by atoms with van der Waals surface area (Å²) in [6.45, 7) is 0. The minimum Gasteiger partial charge on any atom is -0.387 e. The third-order valence-electron chi connectivity index (χ3n) is 4.02. The van der Waals surface area contributed by atoms with Gasteiger partial charge in [-0.15, -0.1) is 0 Å². The van der Waals surface area contributed by atoms with E-state index in [1.165, 1.54) is 25.7 Å². The SMILES string of the molecule is C1CCC(C2CCCC2)C1.O=C1C=CC(=O)O1. The highest BCUT2D eigenvalue weighted by Crippen LogP contribution is 2.39. The van der Waals surface area contributed by atoms with Crippen molar-refractivity contribution in [2.45, 2.75) is 51.4 Å². The Balaban J connectivity index is 0.000000136. The molecule has 0 aromatic rings. The van der Waals surface area contributed by atoms with Crippen molar-refractivity contribution in [2.24, 2.45) is 11.8 Å². The number of hydrogen-bond acceptors (Lipinski definition) is 3. The van der Waals surface area contributed by atoms with Gasteiger partial charge in [0.2, 0.25) is 0 Å². The van der Waals surface area contributed by atoms with Crippen LogP contribution in [0.2, 0.25) is 0 Å². The number of cyclic esters (lactones) is 2. The second kappa shape index (κ2) is 5.99. The van der Waals surface area contributed by atoms with Crippen LogP contribution >= 0.6 is 0 Å². The Morgan fingerprint density at radius 3 is 1.35 bits per heavy atom. The number of ether oxygens (including phenoxy) is 1. The van der Waals surface area contributed by atoms with Crippen molar-refractivity contribution in [3.8, 4) is 0 Å². The molecule has 2 aliphatic carbocycles. The molecule has 94 valence electrons. The van der Waals surface area contributed by atoms with Crippen LogP contribution in [-0.4, -0.2) is 11.9 Å². The summed E-state index contributed by atoms with van der Waals surface area (Å²) in [4.78, 5) is 19.8. The van der Waals surface area contributed by atoms with Crippen molar-refractivity contribution in [1.82, 2.24) is 0 Å².